The first-order valence-electron chi connectivity index (χ1n) is 11.3. The summed E-state index contributed by atoms with van der Waals surface area (Å²) in [7, 11) is 1.91. The molecule has 1 aliphatic rings. The van der Waals surface area contributed by atoms with E-state index in [1.165, 1.54) is 16.3 Å². The molecule has 0 atom stereocenters. The van der Waals surface area contributed by atoms with Gasteiger partial charge in [-0.25, -0.2) is 0 Å². The van der Waals surface area contributed by atoms with Crippen molar-refractivity contribution in [3.63, 3.8) is 0 Å². The van der Waals surface area contributed by atoms with E-state index in [1.807, 2.05) is 54.1 Å². The Bertz CT molecular complexity index is 1390. The lowest BCUT2D eigenvalue weighted by Crippen LogP contribution is -2.38. The Balaban J connectivity index is 1.46. The van der Waals surface area contributed by atoms with Crippen LogP contribution >= 0.6 is 0 Å². The first-order valence-corrected chi connectivity index (χ1v) is 11.3. The molecule has 2 aromatic carbocycles. The highest BCUT2D eigenvalue weighted by Crippen LogP contribution is 2.22. The number of carbonyl (C=O) groups excluding carboxylic acids is 1. The number of amides is 1. The summed E-state index contributed by atoms with van der Waals surface area (Å²) in [4.78, 5) is 28.7. The lowest BCUT2D eigenvalue weighted by molar-refractivity contribution is 0.102. The lowest BCUT2D eigenvalue weighted by atomic mass is 10.1. The highest BCUT2D eigenvalue weighted by atomic mass is 16.2. The molecule has 0 fully saturated rings. The predicted molar refractivity (Wildman–Crippen MR) is 128 cm³/mol. The van der Waals surface area contributed by atoms with Gasteiger partial charge in [0.1, 0.15) is 5.56 Å². The molecule has 3 heterocycles. The standard InChI is InChI=1S/C26H27N5O2/c1-3-18-10-7-11-20(14-18)28-24(32)21-15-27-31-25(21)29(2)23-12-13-30(17-22(23)26(31)33)16-19-8-5-4-6-9-19/h4-11,14-15H,3,12-13,16-17H2,1-2H3,(H,28,32). The molecule has 2 aromatic heterocycles. The largest absolute Gasteiger partial charge is 0.332 e. The molecule has 1 aliphatic heterocycles. The van der Waals surface area contributed by atoms with Crippen LogP contribution in [-0.4, -0.2) is 31.5 Å². The maximum Gasteiger partial charge on any atom is 0.279 e. The fourth-order valence-corrected chi connectivity index (χ4v) is 4.64. The number of rotatable bonds is 5. The Kier molecular flexibility index (Phi) is 5.56. The average molecular weight is 442 g/mol. The molecule has 7 heteroatoms. The third kappa shape index (κ3) is 3.96. The number of hydrogen-bond donors (Lipinski definition) is 1. The molecule has 0 saturated heterocycles. The number of nitrogens with one attached hydrogen (secondary N) is 1. The molecule has 0 radical (unpaired) electrons. The van der Waals surface area contributed by atoms with Crippen molar-refractivity contribution in [3.8, 4) is 0 Å². The fourth-order valence-electron chi connectivity index (χ4n) is 4.64. The van der Waals surface area contributed by atoms with E-state index in [2.05, 4.69) is 34.4 Å². The van der Waals surface area contributed by atoms with Crippen LogP contribution < -0.4 is 10.9 Å². The molecular weight excluding hydrogens is 414 g/mol. The van der Waals surface area contributed by atoms with Gasteiger partial charge in [0.25, 0.3) is 11.5 Å². The quantitative estimate of drug-likeness (QED) is 0.515. The lowest BCUT2D eigenvalue weighted by Gasteiger charge is -2.29. The summed E-state index contributed by atoms with van der Waals surface area (Å²) in [6, 6.07) is 18.1. The van der Waals surface area contributed by atoms with Crippen molar-refractivity contribution in [1.82, 2.24) is 19.1 Å². The predicted octanol–water partition coefficient (Wildman–Crippen LogP) is 3.41. The molecule has 0 spiro atoms. The third-order valence-electron chi connectivity index (χ3n) is 6.40. The summed E-state index contributed by atoms with van der Waals surface area (Å²) in [5.41, 5.74) is 5.60. The molecule has 1 N–H and O–H groups in total. The molecule has 0 saturated carbocycles. The van der Waals surface area contributed by atoms with Crippen LogP contribution in [0.2, 0.25) is 0 Å². The smallest absolute Gasteiger partial charge is 0.279 e. The molecule has 5 rings (SSSR count). The molecule has 33 heavy (non-hydrogen) atoms. The Labute approximate surface area is 192 Å². The number of aryl methyl sites for hydroxylation is 2. The Morgan fingerprint density at radius 1 is 1.09 bits per heavy atom. The number of fused-ring (bicyclic) bond motifs is 2. The van der Waals surface area contributed by atoms with Crippen LogP contribution in [0.3, 0.4) is 0 Å². The van der Waals surface area contributed by atoms with Crippen molar-refractivity contribution in [2.45, 2.75) is 32.9 Å². The number of hydrogen-bond acceptors (Lipinski definition) is 4. The second-order valence-electron chi connectivity index (χ2n) is 8.54. The highest BCUT2D eigenvalue weighted by molar-refractivity contribution is 6.08. The maximum atomic E-state index is 13.3. The fraction of sp³-hybridized carbons (Fsp3) is 0.269. The highest BCUT2D eigenvalue weighted by Gasteiger charge is 2.26. The van der Waals surface area contributed by atoms with Gasteiger partial charge in [0.05, 0.1) is 11.8 Å². The zero-order valence-electron chi connectivity index (χ0n) is 18.9. The van der Waals surface area contributed by atoms with Crippen molar-refractivity contribution in [2.75, 3.05) is 11.9 Å². The van der Waals surface area contributed by atoms with Crippen LogP contribution in [0.4, 0.5) is 5.69 Å². The number of benzene rings is 2. The summed E-state index contributed by atoms with van der Waals surface area (Å²) in [6.45, 7) is 4.29. The summed E-state index contributed by atoms with van der Waals surface area (Å²) in [6.07, 6.45) is 3.13. The van der Waals surface area contributed by atoms with E-state index < -0.39 is 0 Å². The van der Waals surface area contributed by atoms with E-state index in [4.69, 9.17) is 0 Å². The normalized spacial score (nSPS) is 13.8. The minimum absolute atomic E-state index is 0.150. The van der Waals surface area contributed by atoms with Gasteiger partial charge in [-0.15, -0.1) is 0 Å². The second kappa shape index (κ2) is 8.67. The molecule has 0 aliphatic carbocycles. The Morgan fingerprint density at radius 3 is 2.67 bits per heavy atom. The summed E-state index contributed by atoms with van der Waals surface area (Å²) >= 11 is 0. The van der Waals surface area contributed by atoms with Crippen LogP contribution in [0.25, 0.3) is 5.65 Å². The minimum atomic E-state index is -0.269. The molecular formula is C26H27N5O2. The molecule has 0 unspecified atom stereocenters. The number of anilines is 1. The molecule has 168 valence electrons. The van der Waals surface area contributed by atoms with E-state index >= 15 is 0 Å². The van der Waals surface area contributed by atoms with Crippen molar-refractivity contribution < 1.29 is 4.79 Å². The van der Waals surface area contributed by atoms with E-state index in [9.17, 15) is 9.59 Å². The van der Waals surface area contributed by atoms with Crippen molar-refractivity contribution in [1.29, 1.82) is 0 Å². The monoisotopic (exact) mass is 441 g/mol. The molecule has 4 aromatic rings. The topological polar surface area (TPSA) is 71.6 Å². The average Bonchev–Trinajstić information content (AvgIpc) is 3.29. The number of carbonyl (C=O) groups is 1. The zero-order valence-corrected chi connectivity index (χ0v) is 18.9. The van der Waals surface area contributed by atoms with Gasteiger partial charge in [0, 0.05) is 44.5 Å². The Morgan fingerprint density at radius 2 is 1.88 bits per heavy atom. The van der Waals surface area contributed by atoms with Crippen LogP contribution in [0, 0.1) is 0 Å². The third-order valence-corrected chi connectivity index (χ3v) is 6.40. The van der Waals surface area contributed by atoms with Gasteiger partial charge >= 0.3 is 0 Å². The van der Waals surface area contributed by atoms with Crippen LogP contribution in [0.15, 0.2) is 65.6 Å². The van der Waals surface area contributed by atoms with E-state index in [0.29, 0.717) is 17.8 Å². The Hall–Kier alpha value is -3.71. The first-order chi connectivity index (χ1) is 16.0. The first kappa shape index (κ1) is 21.2. The van der Waals surface area contributed by atoms with Gasteiger partial charge in [0.2, 0.25) is 0 Å². The summed E-state index contributed by atoms with van der Waals surface area (Å²) in [5, 5.41) is 7.25. The molecule has 1 amide bonds. The van der Waals surface area contributed by atoms with Crippen molar-refractivity contribution in [3.05, 3.63) is 99.1 Å². The maximum absolute atomic E-state index is 13.3. The minimum Gasteiger partial charge on any atom is -0.332 e. The molecule has 0 bridgehead atoms. The van der Waals surface area contributed by atoms with Crippen LogP contribution in [0.5, 0.6) is 0 Å². The van der Waals surface area contributed by atoms with E-state index in [1.54, 1.807) is 0 Å². The van der Waals surface area contributed by atoms with Gasteiger partial charge in [-0.1, -0.05) is 49.4 Å². The van der Waals surface area contributed by atoms with E-state index in [-0.39, 0.29) is 11.5 Å². The van der Waals surface area contributed by atoms with Gasteiger partial charge in [-0.2, -0.15) is 9.61 Å². The van der Waals surface area contributed by atoms with Crippen LogP contribution in [0.1, 0.15) is 39.7 Å². The molecule has 7 nitrogen and oxygen atoms in total. The van der Waals surface area contributed by atoms with Gasteiger partial charge in [-0.3, -0.25) is 14.5 Å². The summed E-state index contributed by atoms with van der Waals surface area (Å²) < 4.78 is 3.32. The van der Waals surface area contributed by atoms with Gasteiger partial charge in [-0.05, 0) is 29.7 Å². The SMILES string of the molecule is CCc1cccc(NC(=O)c2cnn3c(=O)c4c(n(C)c23)CCN(Cc2ccccc2)C4)c1. The van der Waals surface area contributed by atoms with Crippen LogP contribution in [-0.2, 0) is 33.0 Å². The number of aromatic nitrogens is 3. The van der Waals surface area contributed by atoms with Crippen molar-refractivity contribution >= 4 is 17.2 Å². The second-order valence-corrected chi connectivity index (χ2v) is 8.54. The summed E-state index contributed by atoms with van der Waals surface area (Å²) in [5.74, 6) is -0.269. The van der Waals surface area contributed by atoms with E-state index in [0.717, 1.165) is 48.4 Å². The van der Waals surface area contributed by atoms with Gasteiger partial charge < -0.3 is 9.88 Å². The number of nitrogens with zero attached hydrogens (tertiary/aromatic N) is 4. The van der Waals surface area contributed by atoms with Crippen molar-refractivity contribution in [2.24, 2.45) is 7.05 Å². The zero-order chi connectivity index (χ0) is 22.9. The van der Waals surface area contributed by atoms with Gasteiger partial charge in [0.15, 0.2) is 5.65 Å².